The van der Waals surface area contributed by atoms with Crippen molar-refractivity contribution in [3.63, 3.8) is 0 Å². The van der Waals surface area contributed by atoms with Gasteiger partial charge in [-0.2, -0.15) is 13.2 Å². The molecule has 4 N–H and O–H groups in total. The molecule has 0 spiro atoms. The molecule has 0 bridgehead atoms. The number of alkyl halides is 3. The van der Waals surface area contributed by atoms with Crippen molar-refractivity contribution in [1.82, 2.24) is 5.32 Å². The third-order valence-corrected chi connectivity index (χ3v) is 2.71. The van der Waals surface area contributed by atoms with Crippen LogP contribution >= 0.6 is 0 Å². The van der Waals surface area contributed by atoms with Crippen molar-refractivity contribution in [2.45, 2.75) is 39.0 Å². The highest BCUT2D eigenvalue weighted by Gasteiger charge is 2.31. The second-order valence-electron chi connectivity index (χ2n) is 5.13. The van der Waals surface area contributed by atoms with Gasteiger partial charge in [0.15, 0.2) is 0 Å². The average molecular weight is 306 g/mol. The van der Waals surface area contributed by atoms with Crippen LogP contribution in [0.3, 0.4) is 0 Å². The Balaban J connectivity index is 0.00000400. The summed E-state index contributed by atoms with van der Waals surface area (Å²) >= 11 is 0. The summed E-state index contributed by atoms with van der Waals surface area (Å²) in [5.41, 5.74) is 3.96. The van der Waals surface area contributed by atoms with E-state index in [1.165, 1.54) is 12.1 Å². The number of hydrogen-bond acceptors (Lipinski definition) is 3. The zero-order valence-electron chi connectivity index (χ0n) is 11.2. The van der Waals surface area contributed by atoms with Gasteiger partial charge in [-0.25, -0.2) is 0 Å². The van der Waals surface area contributed by atoms with E-state index in [0.717, 1.165) is 12.1 Å². The molecule has 4 nitrogen and oxygen atoms in total. The van der Waals surface area contributed by atoms with Gasteiger partial charge in [-0.3, -0.25) is 4.79 Å². The maximum Gasteiger partial charge on any atom is 0.416 e. The third kappa shape index (κ3) is 5.35. The maximum absolute atomic E-state index is 12.6. The van der Waals surface area contributed by atoms with Crippen molar-refractivity contribution in [3.05, 3.63) is 35.4 Å². The Hall–Kier alpha value is -1.60. The first kappa shape index (κ1) is 19.4. The summed E-state index contributed by atoms with van der Waals surface area (Å²) in [4.78, 5) is 11.9. The van der Waals surface area contributed by atoms with Crippen molar-refractivity contribution in [1.29, 1.82) is 0 Å². The van der Waals surface area contributed by atoms with E-state index < -0.39 is 29.2 Å². The molecule has 0 aliphatic rings. The van der Waals surface area contributed by atoms with Gasteiger partial charge in [0.2, 0.25) is 5.91 Å². The Morgan fingerprint density at radius 3 is 2.43 bits per heavy atom. The molecule has 0 saturated carbocycles. The van der Waals surface area contributed by atoms with Crippen LogP contribution in [0.2, 0.25) is 0 Å². The minimum absolute atomic E-state index is 0. The molecular weight excluding hydrogens is 285 g/mol. The summed E-state index contributed by atoms with van der Waals surface area (Å²) in [6, 6.07) is 3.07. The lowest BCUT2D eigenvalue weighted by Gasteiger charge is -2.25. The fourth-order valence-electron chi connectivity index (χ4n) is 1.51. The Morgan fingerprint density at radius 2 is 1.95 bits per heavy atom. The second-order valence-corrected chi connectivity index (χ2v) is 5.13. The van der Waals surface area contributed by atoms with Crippen molar-refractivity contribution >= 4 is 5.91 Å². The van der Waals surface area contributed by atoms with Gasteiger partial charge in [-0.1, -0.05) is 19.6 Å². The highest BCUT2D eigenvalue weighted by molar-refractivity contribution is 5.83. The topological polar surface area (TPSA) is 75.3 Å². The summed E-state index contributed by atoms with van der Waals surface area (Å²) in [6.45, 7) is 2.83. The standard InChI is InChI=1S/C13H17F3N2O2.CH4/c1-12(2,7-19)18-11(20)10(17)8-4-3-5-9(6-8)13(14,15)16;/h3-6,10,19H,7,17H2,1-2H3,(H,18,20);1H4. The van der Waals surface area contributed by atoms with Crippen LogP contribution in [0.25, 0.3) is 0 Å². The molecule has 0 saturated heterocycles. The first-order chi connectivity index (χ1) is 9.07. The molecule has 7 heteroatoms. The number of carbonyl (C=O) groups excluding carboxylic acids is 1. The van der Waals surface area contributed by atoms with Crippen molar-refractivity contribution in [2.75, 3.05) is 6.61 Å². The Labute approximate surface area is 122 Å². The Morgan fingerprint density at radius 1 is 1.38 bits per heavy atom. The number of benzene rings is 1. The van der Waals surface area contributed by atoms with Crippen LogP contribution in [-0.4, -0.2) is 23.2 Å². The lowest BCUT2D eigenvalue weighted by Crippen LogP contribution is -2.49. The number of nitrogens with two attached hydrogens (primary N) is 1. The molecule has 1 unspecified atom stereocenters. The molecule has 21 heavy (non-hydrogen) atoms. The number of amides is 1. The van der Waals surface area contributed by atoms with Crippen LogP contribution < -0.4 is 11.1 Å². The first-order valence-electron chi connectivity index (χ1n) is 5.92. The Bertz CT molecular complexity index is 487. The molecule has 1 amide bonds. The molecule has 1 aromatic rings. The fraction of sp³-hybridized carbons (Fsp3) is 0.500. The van der Waals surface area contributed by atoms with Gasteiger partial charge in [-0.15, -0.1) is 0 Å². The predicted octanol–water partition coefficient (Wildman–Crippen LogP) is 2.23. The van der Waals surface area contributed by atoms with E-state index in [9.17, 15) is 18.0 Å². The smallest absolute Gasteiger partial charge is 0.394 e. The zero-order valence-corrected chi connectivity index (χ0v) is 11.2. The van der Waals surface area contributed by atoms with Gasteiger partial charge in [0.1, 0.15) is 6.04 Å². The van der Waals surface area contributed by atoms with Gasteiger partial charge in [0.25, 0.3) is 0 Å². The molecular formula is C14H21F3N2O2. The molecule has 1 rings (SSSR count). The molecule has 0 radical (unpaired) electrons. The minimum Gasteiger partial charge on any atom is -0.394 e. The summed E-state index contributed by atoms with van der Waals surface area (Å²) in [6.07, 6.45) is -4.49. The van der Waals surface area contributed by atoms with Crippen LogP contribution in [-0.2, 0) is 11.0 Å². The highest BCUT2D eigenvalue weighted by Crippen LogP contribution is 2.30. The van der Waals surface area contributed by atoms with Gasteiger partial charge in [0.05, 0.1) is 17.7 Å². The summed E-state index contributed by atoms with van der Waals surface area (Å²) in [7, 11) is 0. The third-order valence-electron chi connectivity index (χ3n) is 2.71. The largest absolute Gasteiger partial charge is 0.416 e. The first-order valence-corrected chi connectivity index (χ1v) is 5.92. The number of rotatable bonds is 4. The SMILES string of the molecule is C.CC(C)(CO)NC(=O)C(N)c1cccc(C(F)(F)F)c1. The lowest BCUT2D eigenvalue weighted by atomic mass is 10.0. The number of hydrogen-bond donors (Lipinski definition) is 3. The summed E-state index contributed by atoms with van der Waals surface area (Å²) in [5.74, 6) is -0.650. The summed E-state index contributed by atoms with van der Waals surface area (Å²) in [5, 5.41) is 11.5. The molecule has 120 valence electrons. The number of nitrogens with one attached hydrogen (secondary N) is 1. The van der Waals surface area contributed by atoms with Crippen LogP contribution in [0.4, 0.5) is 13.2 Å². The molecule has 0 aliphatic heterocycles. The number of aliphatic hydroxyl groups is 1. The Kier molecular flexibility index (Phi) is 6.38. The second kappa shape index (κ2) is 6.91. The van der Waals surface area contributed by atoms with Crippen molar-refractivity contribution in [2.24, 2.45) is 5.73 Å². The van der Waals surface area contributed by atoms with E-state index in [0.29, 0.717) is 0 Å². The predicted molar refractivity (Wildman–Crippen MR) is 74.4 cm³/mol. The van der Waals surface area contributed by atoms with Crippen LogP contribution in [0.15, 0.2) is 24.3 Å². The van der Waals surface area contributed by atoms with Crippen LogP contribution in [0, 0.1) is 0 Å². The molecule has 0 heterocycles. The summed E-state index contributed by atoms with van der Waals surface area (Å²) < 4.78 is 37.8. The normalized spacial score (nSPS) is 13.3. The van der Waals surface area contributed by atoms with Crippen molar-refractivity contribution < 1.29 is 23.1 Å². The van der Waals surface area contributed by atoms with Crippen LogP contribution in [0.5, 0.6) is 0 Å². The van der Waals surface area contributed by atoms with E-state index in [2.05, 4.69) is 5.32 Å². The molecule has 1 aromatic carbocycles. The molecule has 0 fully saturated rings. The van der Waals surface area contributed by atoms with Gasteiger partial charge < -0.3 is 16.2 Å². The molecule has 0 aliphatic carbocycles. The minimum atomic E-state index is -4.49. The number of carbonyl (C=O) groups is 1. The highest BCUT2D eigenvalue weighted by atomic mass is 19.4. The molecule has 0 aromatic heterocycles. The quantitative estimate of drug-likeness (QED) is 0.798. The fourth-order valence-corrected chi connectivity index (χ4v) is 1.51. The van der Waals surface area contributed by atoms with Gasteiger partial charge >= 0.3 is 6.18 Å². The monoisotopic (exact) mass is 306 g/mol. The zero-order chi connectivity index (χ0) is 15.6. The van der Waals surface area contributed by atoms with Gasteiger partial charge in [-0.05, 0) is 31.5 Å². The van der Waals surface area contributed by atoms with Crippen molar-refractivity contribution in [3.8, 4) is 0 Å². The number of halogens is 3. The maximum atomic E-state index is 12.6. The average Bonchev–Trinajstić information content (AvgIpc) is 2.36. The van der Waals surface area contributed by atoms with E-state index in [1.807, 2.05) is 0 Å². The number of aliphatic hydroxyl groups excluding tert-OH is 1. The molecule has 1 atom stereocenters. The van der Waals surface area contributed by atoms with E-state index in [-0.39, 0.29) is 19.6 Å². The van der Waals surface area contributed by atoms with Gasteiger partial charge in [0, 0.05) is 0 Å². The van der Waals surface area contributed by atoms with E-state index in [1.54, 1.807) is 13.8 Å². The van der Waals surface area contributed by atoms with Crippen LogP contribution in [0.1, 0.15) is 38.4 Å². The van der Waals surface area contributed by atoms with E-state index >= 15 is 0 Å². The van der Waals surface area contributed by atoms with E-state index in [4.69, 9.17) is 10.8 Å². The lowest BCUT2D eigenvalue weighted by molar-refractivity contribution is -0.137.